The zero-order valence-corrected chi connectivity index (χ0v) is 14.3. The van der Waals surface area contributed by atoms with Gasteiger partial charge in [-0.25, -0.2) is 9.97 Å². The number of fused-ring (bicyclic) bond motifs is 1. The minimum absolute atomic E-state index is 0.261. The molecule has 2 aromatic heterocycles. The summed E-state index contributed by atoms with van der Waals surface area (Å²) in [6, 6.07) is 17.4. The molecular weight excluding hydrogens is 334 g/mol. The van der Waals surface area contributed by atoms with Crippen LogP contribution in [0.25, 0.3) is 21.7 Å². The van der Waals surface area contributed by atoms with Crippen LogP contribution in [0.4, 0.5) is 0 Å². The number of amides is 1. The Bertz CT molecular complexity index is 1000. The van der Waals surface area contributed by atoms with E-state index in [1.165, 1.54) is 0 Å². The molecule has 0 aliphatic carbocycles. The number of oxazole rings is 1. The first-order chi connectivity index (χ1) is 12.2. The van der Waals surface area contributed by atoms with Crippen molar-refractivity contribution in [3.05, 3.63) is 71.1 Å². The molecular formula is C19H15N3O2S. The molecule has 0 aliphatic heterocycles. The van der Waals surface area contributed by atoms with Crippen molar-refractivity contribution in [1.29, 1.82) is 0 Å². The predicted molar refractivity (Wildman–Crippen MR) is 97.5 cm³/mol. The normalized spacial score (nSPS) is 10.9. The van der Waals surface area contributed by atoms with Gasteiger partial charge in [0.1, 0.15) is 10.8 Å². The highest BCUT2D eigenvalue weighted by Gasteiger charge is 2.18. The summed E-state index contributed by atoms with van der Waals surface area (Å²) in [6.07, 6.45) is 0. The number of nitrogens with one attached hydrogen (secondary N) is 1. The fourth-order valence-electron chi connectivity index (χ4n) is 2.55. The van der Waals surface area contributed by atoms with Gasteiger partial charge in [0.25, 0.3) is 5.91 Å². The SMILES string of the molecule is Cc1oc(-c2ccccc2)nc1C(=O)NCc1nc2ccccc2s1. The highest BCUT2D eigenvalue weighted by atomic mass is 32.1. The van der Waals surface area contributed by atoms with Gasteiger partial charge in [-0.15, -0.1) is 11.3 Å². The molecule has 0 aliphatic rings. The van der Waals surface area contributed by atoms with Crippen LogP contribution in [0.5, 0.6) is 0 Å². The van der Waals surface area contributed by atoms with E-state index in [2.05, 4.69) is 15.3 Å². The summed E-state index contributed by atoms with van der Waals surface area (Å²) in [4.78, 5) is 21.3. The van der Waals surface area contributed by atoms with Crippen LogP contribution >= 0.6 is 11.3 Å². The van der Waals surface area contributed by atoms with Gasteiger partial charge in [0.2, 0.25) is 5.89 Å². The van der Waals surface area contributed by atoms with E-state index in [4.69, 9.17) is 4.42 Å². The number of hydrogen-bond donors (Lipinski definition) is 1. The molecule has 6 heteroatoms. The van der Waals surface area contributed by atoms with Gasteiger partial charge in [-0.3, -0.25) is 4.79 Å². The van der Waals surface area contributed by atoms with Gasteiger partial charge in [0, 0.05) is 5.56 Å². The van der Waals surface area contributed by atoms with E-state index < -0.39 is 0 Å². The quantitative estimate of drug-likeness (QED) is 0.600. The van der Waals surface area contributed by atoms with Gasteiger partial charge >= 0.3 is 0 Å². The molecule has 2 aromatic carbocycles. The van der Waals surface area contributed by atoms with Crippen LogP contribution in [0.3, 0.4) is 0 Å². The third-order valence-electron chi connectivity index (χ3n) is 3.77. The summed E-state index contributed by atoms with van der Waals surface area (Å²) in [7, 11) is 0. The summed E-state index contributed by atoms with van der Waals surface area (Å²) in [6.45, 7) is 2.11. The van der Waals surface area contributed by atoms with Gasteiger partial charge in [-0.05, 0) is 31.2 Å². The molecule has 2 heterocycles. The average molecular weight is 349 g/mol. The average Bonchev–Trinajstić information content (AvgIpc) is 3.23. The van der Waals surface area contributed by atoms with E-state index in [9.17, 15) is 4.79 Å². The molecule has 0 spiro atoms. The molecule has 0 fully saturated rings. The van der Waals surface area contributed by atoms with Crippen molar-refractivity contribution in [3.63, 3.8) is 0 Å². The summed E-state index contributed by atoms with van der Waals surface area (Å²) in [5, 5.41) is 3.73. The Morgan fingerprint density at radius 3 is 2.64 bits per heavy atom. The molecule has 25 heavy (non-hydrogen) atoms. The Hall–Kier alpha value is -2.99. The number of rotatable bonds is 4. The maximum absolute atomic E-state index is 12.4. The highest BCUT2D eigenvalue weighted by molar-refractivity contribution is 7.18. The zero-order valence-electron chi connectivity index (χ0n) is 13.5. The zero-order chi connectivity index (χ0) is 17.2. The van der Waals surface area contributed by atoms with Crippen LogP contribution in [0.1, 0.15) is 21.3 Å². The number of carbonyl (C=O) groups excluding carboxylic acids is 1. The van der Waals surface area contributed by atoms with Gasteiger partial charge in [-0.1, -0.05) is 30.3 Å². The lowest BCUT2D eigenvalue weighted by molar-refractivity contribution is 0.0945. The third kappa shape index (κ3) is 3.16. The monoisotopic (exact) mass is 349 g/mol. The van der Waals surface area contributed by atoms with Crippen LogP contribution in [-0.4, -0.2) is 15.9 Å². The lowest BCUT2D eigenvalue weighted by Crippen LogP contribution is -2.23. The summed E-state index contributed by atoms with van der Waals surface area (Å²) in [5.41, 5.74) is 2.09. The topological polar surface area (TPSA) is 68.0 Å². The second kappa shape index (κ2) is 6.49. The van der Waals surface area contributed by atoms with Crippen LogP contribution in [0.2, 0.25) is 0 Å². The number of carbonyl (C=O) groups is 1. The lowest BCUT2D eigenvalue weighted by atomic mass is 10.2. The Morgan fingerprint density at radius 1 is 1.08 bits per heavy atom. The van der Waals surface area contributed by atoms with Crippen molar-refractivity contribution >= 4 is 27.5 Å². The van der Waals surface area contributed by atoms with E-state index in [1.54, 1.807) is 18.3 Å². The molecule has 1 amide bonds. The van der Waals surface area contributed by atoms with E-state index >= 15 is 0 Å². The Labute approximate surface area is 148 Å². The summed E-state index contributed by atoms with van der Waals surface area (Å²) < 4.78 is 6.74. The second-order valence-electron chi connectivity index (χ2n) is 5.55. The molecule has 0 bridgehead atoms. The molecule has 0 radical (unpaired) electrons. The highest BCUT2D eigenvalue weighted by Crippen LogP contribution is 2.23. The number of thiazole rings is 1. The number of aromatic nitrogens is 2. The molecule has 0 saturated carbocycles. The van der Waals surface area contributed by atoms with Crippen molar-refractivity contribution in [1.82, 2.24) is 15.3 Å². The molecule has 4 aromatic rings. The molecule has 0 saturated heterocycles. The Kier molecular flexibility index (Phi) is 4.03. The van der Waals surface area contributed by atoms with Crippen LogP contribution in [0, 0.1) is 6.92 Å². The van der Waals surface area contributed by atoms with Gasteiger partial charge < -0.3 is 9.73 Å². The van der Waals surface area contributed by atoms with E-state index in [0.717, 1.165) is 20.8 Å². The van der Waals surface area contributed by atoms with Gasteiger partial charge in [0.15, 0.2) is 5.69 Å². The van der Waals surface area contributed by atoms with Crippen LogP contribution in [0.15, 0.2) is 59.0 Å². The fraction of sp³-hybridized carbons (Fsp3) is 0.105. The molecule has 4 rings (SSSR count). The van der Waals surface area contributed by atoms with Gasteiger partial charge in [-0.2, -0.15) is 0 Å². The first-order valence-corrected chi connectivity index (χ1v) is 8.68. The smallest absolute Gasteiger partial charge is 0.273 e. The van der Waals surface area contributed by atoms with E-state index in [1.807, 2.05) is 54.6 Å². The van der Waals surface area contributed by atoms with Crippen molar-refractivity contribution < 1.29 is 9.21 Å². The molecule has 1 N–H and O–H groups in total. The summed E-state index contributed by atoms with van der Waals surface area (Å²) in [5.74, 6) is 0.687. The fourth-order valence-corrected chi connectivity index (χ4v) is 3.45. The first kappa shape index (κ1) is 15.5. The summed E-state index contributed by atoms with van der Waals surface area (Å²) >= 11 is 1.57. The Morgan fingerprint density at radius 2 is 1.84 bits per heavy atom. The number of hydrogen-bond acceptors (Lipinski definition) is 5. The number of para-hydroxylation sites is 1. The minimum atomic E-state index is -0.261. The van der Waals surface area contributed by atoms with Crippen LogP contribution < -0.4 is 5.32 Å². The Balaban J connectivity index is 1.50. The maximum atomic E-state index is 12.4. The second-order valence-corrected chi connectivity index (χ2v) is 6.66. The van der Waals surface area contributed by atoms with E-state index in [-0.39, 0.29) is 5.91 Å². The number of benzene rings is 2. The number of nitrogens with zero attached hydrogens (tertiary/aromatic N) is 2. The molecule has 0 atom stereocenters. The largest absolute Gasteiger partial charge is 0.441 e. The number of aryl methyl sites for hydroxylation is 1. The standard InChI is InChI=1S/C19H15N3O2S/c1-12-17(22-19(24-12)13-7-3-2-4-8-13)18(23)20-11-16-21-14-9-5-6-10-15(14)25-16/h2-10H,11H2,1H3,(H,20,23). The molecule has 5 nitrogen and oxygen atoms in total. The molecule has 0 unspecified atom stereocenters. The minimum Gasteiger partial charge on any atom is -0.441 e. The van der Waals surface area contributed by atoms with E-state index in [0.29, 0.717) is 23.9 Å². The van der Waals surface area contributed by atoms with Gasteiger partial charge in [0.05, 0.1) is 16.8 Å². The lowest BCUT2D eigenvalue weighted by Gasteiger charge is -2.00. The van der Waals surface area contributed by atoms with Crippen molar-refractivity contribution in [3.8, 4) is 11.5 Å². The maximum Gasteiger partial charge on any atom is 0.273 e. The first-order valence-electron chi connectivity index (χ1n) is 7.86. The molecule has 124 valence electrons. The van der Waals surface area contributed by atoms with Crippen molar-refractivity contribution in [2.45, 2.75) is 13.5 Å². The third-order valence-corrected chi connectivity index (χ3v) is 4.81. The van der Waals surface area contributed by atoms with Crippen LogP contribution in [-0.2, 0) is 6.54 Å². The van der Waals surface area contributed by atoms with Crippen molar-refractivity contribution in [2.24, 2.45) is 0 Å². The van der Waals surface area contributed by atoms with Crippen molar-refractivity contribution in [2.75, 3.05) is 0 Å². The predicted octanol–water partition coefficient (Wildman–Crippen LogP) is 4.19.